The summed E-state index contributed by atoms with van der Waals surface area (Å²) in [6.07, 6.45) is 0. The molecule has 1 aromatic heterocycles. The van der Waals surface area contributed by atoms with Gasteiger partial charge in [0.15, 0.2) is 16.7 Å². The lowest BCUT2D eigenvalue weighted by atomic mass is 10.2. The predicted molar refractivity (Wildman–Crippen MR) is 123 cm³/mol. The monoisotopic (exact) mass is 475 g/mol. The third kappa shape index (κ3) is 4.85. The van der Waals surface area contributed by atoms with E-state index >= 15 is 0 Å². The van der Waals surface area contributed by atoms with Gasteiger partial charge in [-0.25, -0.2) is 4.98 Å². The molecule has 1 aliphatic rings. The molecule has 168 valence electrons. The van der Waals surface area contributed by atoms with Crippen LogP contribution in [0.3, 0.4) is 0 Å². The predicted octanol–water partition coefficient (Wildman–Crippen LogP) is 3.22. The van der Waals surface area contributed by atoms with Crippen molar-refractivity contribution in [3.05, 3.63) is 57.3 Å². The van der Waals surface area contributed by atoms with E-state index in [0.717, 1.165) is 5.56 Å². The lowest BCUT2D eigenvalue weighted by Crippen LogP contribution is -2.32. The smallest absolute Gasteiger partial charge is 0.262 e. The number of hydrogen-bond acceptors (Lipinski definition) is 7. The summed E-state index contributed by atoms with van der Waals surface area (Å²) < 4.78 is 17.4. The third-order valence-corrected chi connectivity index (χ3v) is 6.28. The Hall–Kier alpha value is -2.75. The lowest BCUT2D eigenvalue weighted by Gasteiger charge is -2.16. The Morgan fingerprint density at radius 1 is 1.28 bits per heavy atom. The molecule has 8 nitrogen and oxygen atoms in total. The number of amides is 1. The molecule has 0 bridgehead atoms. The molecule has 0 radical (unpaired) electrons. The largest absolute Gasteiger partial charge is 0.454 e. The molecule has 0 spiro atoms. The van der Waals surface area contributed by atoms with Crippen molar-refractivity contribution in [3.63, 3.8) is 0 Å². The van der Waals surface area contributed by atoms with Crippen LogP contribution >= 0.6 is 23.4 Å². The highest BCUT2D eigenvalue weighted by Gasteiger charge is 2.20. The molecule has 3 aromatic rings. The van der Waals surface area contributed by atoms with Crippen LogP contribution in [-0.4, -0.2) is 41.2 Å². The average molecular weight is 476 g/mol. The zero-order valence-corrected chi connectivity index (χ0v) is 19.2. The van der Waals surface area contributed by atoms with Gasteiger partial charge in [-0.1, -0.05) is 29.4 Å². The van der Waals surface area contributed by atoms with E-state index in [1.165, 1.54) is 16.3 Å². The zero-order chi connectivity index (χ0) is 22.7. The van der Waals surface area contributed by atoms with E-state index in [0.29, 0.717) is 52.3 Å². The van der Waals surface area contributed by atoms with E-state index in [1.807, 2.05) is 18.2 Å². The fourth-order valence-electron chi connectivity index (χ4n) is 3.24. The molecule has 1 aliphatic heterocycles. The molecule has 1 amide bonds. The summed E-state index contributed by atoms with van der Waals surface area (Å²) in [5.41, 5.74) is 1.20. The van der Waals surface area contributed by atoms with Gasteiger partial charge in [-0.05, 0) is 42.8 Å². The van der Waals surface area contributed by atoms with E-state index in [1.54, 1.807) is 32.2 Å². The van der Waals surface area contributed by atoms with Crippen LogP contribution in [0.1, 0.15) is 12.5 Å². The summed E-state index contributed by atoms with van der Waals surface area (Å²) in [6, 6.07) is 10.5. The minimum atomic E-state index is -0.485. The normalized spacial score (nSPS) is 13.3. The van der Waals surface area contributed by atoms with Gasteiger partial charge in [-0.15, -0.1) is 0 Å². The van der Waals surface area contributed by atoms with E-state index < -0.39 is 5.25 Å². The van der Waals surface area contributed by atoms with Crippen molar-refractivity contribution in [2.75, 3.05) is 20.5 Å². The first-order valence-electron chi connectivity index (χ1n) is 9.98. The molecule has 32 heavy (non-hydrogen) atoms. The van der Waals surface area contributed by atoms with Crippen LogP contribution in [0.2, 0.25) is 5.02 Å². The maximum atomic E-state index is 13.0. The Morgan fingerprint density at radius 2 is 2.09 bits per heavy atom. The highest BCUT2D eigenvalue weighted by atomic mass is 35.5. The Labute approximate surface area is 193 Å². The van der Waals surface area contributed by atoms with Crippen molar-refractivity contribution < 1.29 is 19.0 Å². The van der Waals surface area contributed by atoms with Crippen molar-refractivity contribution in [2.24, 2.45) is 0 Å². The number of hydrogen-bond donors (Lipinski definition) is 1. The molecule has 0 saturated carbocycles. The number of thioether (sulfide) groups is 1. The third-order valence-electron chi connectivity index (χ3n) is 4.96. The van der Waals surface area contributed by atoms with Crippen LogP contribution < -0.4 is 20.3 Å². The number of benzene rings is 2. The molecule has 1 atom stereocenters. The number of nitrogens with zero attached hydrogens (tertiary/aromatic N) is 2. The fraction of sp³-hybridized carbons (Fsp3) is 0.318. The Balaban J connectivity index is 1.50. The topological polar surface area (TPSA) is 91.7 Å². The summed E-state index contributed by atoms with van der Waals surface area (Å²) in [5.74, 6) is 1.19. The molecule has 4 rings (SSSR count). The first-order chi connectivity index (χ1) is 15.5. The van der Waals surface area contributed by atoms with E-state index in [-0.39, 0.29) is 18.3 Å². The van der Waals surface area contributed by atoms with Crippen LogP contribution in [0, 0.1) is 0 Å². The van der Waals surface area contributed by atoms with Crippen molar-refractivity contribution in [1.82, 2.24) is 14.9 Å². The van der Waals surface area contributed by atoms with Gasteiger partial charge in [-0.3, -0.25) is 14.2 Å². The average Bonchev–Trinajstić information content (AvgIpc) is 3.25. The van der Waals surface area contributed by atoms with Crippen LogP contribution in [0.25, 0.3) is 10.9 Å². The minimum absolute atomic E-state index is 0.175. The molecular formula is C22H22ClN3O5S. The molecule has 1 N–H and O–H groups in total. The Morgan fingerprint density at radius 3 is 2.91 bits per heavy atom. The SMILES string of the molecule is COCCn1c(S[C@H](C)C(=O)NCc2ccc3c(c2)OCO3)nc2cc(Cl)ccc2c1=O. The summed E-state index contributed by atoms with van der Waals surface area (Å²) in [6.45, 7) is 2.99. The summed E-state index contributed by atoms with van der Waals surface area (Å²) in [4.78, 5) is 30.3. The fourth-order valence-corrected chi connectivity index (χ4v) is 4.36. The van der Waals surface area contributed by atoms with Crippen LogP contribution in [0.5, 0.6) is 11.5 Å². The second-order valence-corrected chi connectivity index (χ2v) is 8.92. The van der Waals surface area contributed by atoms with E-state index in [9.17, 15) is 9.59 Å². The molecule has 0 fully saturated rings. The highest BCUT2D eigenvalue weighted by Crippen LogP contribution is 2.32. The number of carbonyl (C=O) groups excluding carboxylic acids is 1. The van der Waals surface area contributed by atoms with Gasteiger partial charge in [-0.2, -0.15) is 0 Å². The maximum Gasteiger partial charge on any atom is 0.262 e. The Bertz CT molecular complexity index is 1220. The van der Waals surface area contributed by atoms with Crippen molar-refractivity contribution >= 4 is 40.2 Å². The minimum Gasteiger partial charge on any atom is -0.454 e. The van der Waals surface area contributed by atoms with Crippen LogP contribution in [0.15, 0.2) is 46.3 Å². The van der Waals surface area contributed by atoms with Gasteiger partial charge in [0, 0.05) is 18.7 Å². The molecule has 0 aliphatic carbocycles. The molecule has 0 saturated heterocycles. The molecule has 2 aromatic carbocycles. The van der Waals surface area contributed by atoms with E-state index in [2.05, 4.69) is 10.3 Å². The second-order valence-electron chi connectivity index (χ2n) is 7.17. The first-order valence-corrected chi connectivity index (χ1v) is 11.2. The number of halogens is 1. The number of methoxy groups -OCH3 is 1. The highest BCUT2D eigenvalue weighted by molar-refractivity contribution is 8.00. The van der Waals surface area contributed by atoms with Gasteiger partial charge in [0.1, 0.15) is 0 Å². The van der Waals surface area contributed by atoms with Crippen LogP contribution in [0.4, 0.5) is 0 Å². The molecular weight excluding hydrogens is 454 g/mol. The number of aromatic nitrogens is 2. The van der Waals surface area contributed by atoms with E-state index in [4.69, 9.17) is 25.8 Å². The summed E-state index contributed by atoms with van der Waals surface area (Å²) in [5, 5.41) is 3.83. The number of rotatable bonds is 8. The molecule has 0 unspecified atom stereocenters. The number of carbonyl (C=O) groups is 1. The maximum absolute atomic E-state index is 13.0. The van der Waals surface area contributed by atoms with Crippen LogP contribution in [-0.2, 0) is 22.6 Å². The van der Waals surface area contributed by atoms with Gasteiger partial charge in [0.05, 0.1) is 29.3 Å². The van der Waals surface area contributed by atoms with Crippen molar-refractivity contribution in [1.29, 1.82) is 0 Å². The lowest BCUT2D eigenvalue weighted by molar-refractivity contribution is -0.120. The first kappa shape index (κ1) is 22.4. The Kier molecular flexibility index (Phi) is 6.88. The van der Waals surface area contributed by atoms with Gasteiger partial charge >= 0.3 is 0 Å². The molecule has 2 heterocycles. The van der Waals surface area contributed by atoms with Crippen molar-refractivity contribution in [2.45, 2.75) is 30.4 Å². The quantitative estimate of drug-likeness (QED) is 0.395. The zero-order valence-electron chi connectivity index (χ0n) is 17.6. The molecule has 10 heteroatoms. The van der Waals surface area contributed by atoms with Gasteiger partial charge in [0.2, 0.25) is 12.7 Å². The van der Waals surface area contributed by atoms with Gasteiger partial charge < -0.3 is 19.5 Å². The number of ether oxygens (including phenoxy) is 3. The summed E-state index contributed by atoms with van der Waals surface area (Å²) >= 11 is 7.30. The summed E-state index contributed by atoms with van der Waals surface area (Å²) in [7, 11) is 1.57. The van der Waals surface area contributed by atoms with Gasteiger partial charge in [0.25, 0.3) is 5.56 Å². The number of fused-ring (bicyclic) bond motifs is 2. The van der Waals surface area contributed by atoms with Crippen molar-refractivity contribution in [3.8, 4) is 11.5 Å². The number of nitrogens with one attached hydrogen (secondary N) is 1. The standard InChI is InChI=1S/C22H22ClN3O5S/c1-13(20(27)24-11-14-3-6-18-19(9-14)31-12-30-18)32-22-25-17-10-15(23)4-5-16(17)21(28)26(22)7-8-29-2/h3-6,9-10,13H,7-8,11-12H2,1-2H3,(H,24,27)/t13-/m1/s1. The second kappa shape index (κ2) is 9.81.